The lowest BCUT2D eigenvalue weighted by Gasteiger charge is -2.19. The molecule has 5 nitrogen and oxygen atoms in total. The number of hydrogen-bond donors (Lipinski definition) is 4. The van der Waals surface area contributed by atoms with Crippen LogP contribution in [-0.2, 0) is 4.79 Å². The van der Waals surface area contributed by atoms with Gasteiger partial charge in [0.25, 0.3) is 5.91 Å². The van der Waals surface area contributed by atoms with Crippen molar-refractivity contribution < 1.29 is 18.8 Å². The Morgan fingerprint density at radius 2 is 1.82 bits per heavy atom. The number of hydrogen-bond acceptors (Lipinski definition) is 4. The van der Waals surface area contributed by atoms with Crippen LogP contribution in [-0.4, -0.2) is 23.7 Å². The summed E-state index contributed by atoms with van der Waals surface area (Å²) in [5.41, 5.74) is 3.78. The van der Waals surface area contributed by atoms with Crippen molar-refractivity contribution in [2.45, 2.75) is 45.2 Å². The molecular weight excluding hydrogens is 364 g/mol. The van der Waals surface area contributed by atoms with Gasteiger partial charge in [-0.05, 0) is 81.1 Å². The third kappa shape index (κ3) is 6.58. The number of rotatable bonds is 10. The fraction of sp³-hybridized carbons (Fsp3) is 0.381. The van der Waals surface area contributed by atoms with Crippen molar-refractivity contribution in [1.82, 2.24) is 10.8 Å². The molecule has 0 aromatic heterocycles. The first-order valence-electron chi connectivity index (χ1n) is 9.36. The van der Waals surface area contributed by atoms with Crippen molar-refractivity contribution in [2.75, 3.05) is 11.9 Å². The normalized spacial score (nSPS) is 13.0. The number of halogens is 2. The Labute approximate surface area is 164 Å². The van der Waals surface area contributed by atoms with Crippen molar-refractivity contribution in [3.63, 3.8) is 0 Å². The van der Waals surface area contributed by atoms with Crippen LogP contribution >= 0.6 is 0 Å². The van der Waals surface area contributed by atoms with Crippen molar-refractivity contribution >= 4 is 11.6 Å². The average Bonchev–Trinajstić information content (AvgIpc) is 2.69. The maximum absolute atomic E-state index is 13.4. The lowest BCUT2D eigenvalue weighted by atomic mass is 10.1. The molecule has 0 heterocycles. The highest BCUT2D eigenvalue weighted by molar-refractivity contribution is 5.83. The van der Waals surface area contributed by atoms with Gasteiger partial charge >= 0.3 is 0 Å². The number of amides is 1. The second-order valence-electron chi connectivity index (χ2n) is 6.86. The molecule has 0 bridgehead atoms. The number of carbonyl (C=O) groups is 1. The molecule has 1 unspecified atom stereocenters. The highest BCUT2D eigenvalue weighted by atomic mass is 19.1. The van der Waals surface area contributed by atoms with E-state index < -0.39 is 11.9 Å². The fourth-order valence-corrected chi connectivity index (χ4v) is 2.94. The van der Waals surface area contributed by atoms with Crippen molar-refractivity contribution in [2.24, 2.45) is 0 Å². The van der Waals surface area contributed by atoms with E-state index in [0.29, 0.717) is 17.7 Å². The summed E-state index contributed by atoms with van der Waals surface area (Å²) in [6.07, 6.45) is 2.08. The molecule has 0 radical (unpaired) electrons. The molecule has 2 atom stereocenters. The molecule has 7 heteroatoms. The molecule has 0 saturated heterocycles. The summed E-state index contributed by atoms with van der Waals surface area (Å²) in [6.45, 7) is 4.39. The number of nitrogens with one attached hydrogen (secondary N) is 3. The topological polar surface area (TPSA) is 73.4 Å². The highest BCUT2D eigenvalue weighted by Gasteiger charge is 2.17. The molecule has 0 aliphatic carbocycles. The van der Waals surface area contributed by atoms with Crippen LogP contribution in [0.15, 0.2) is 42.5 Å². The zero-order valence-corrected chi connectivity index (χ0v) is 16.1. The molecule has 2 aromatic rings. The van der Waals surface area contributed by atoms with Crippen LogP contribution in [0.3, 0.4) is 0 Å². The number of unbranched alkanes of at least 4 members (excludes halogenated alkanes) is 1. The Hall–Kier alpha value is -2.51. The first-order valence-corrected chi connectivity index (χ1v) is 9.36. The summed E-state index contributed by atoms with van der Waals surface area (Å²) in [4.78, 5) is 11.9. The van der Waals surface area contributed by atoms with E-state index in [1.807, 2.05) is 6.92 Å². The summed E-state index contributed by atoms with van der Waals surface area (Å²) >= 11 is 0. The van der Waals surface area contributed by atoms with Gasteiger partial charge in [-0.2, -0.15) is 0 Å². The molecule has 0 spiro atoms. The lowest BCUT2D eigenvalue weighted by molar-refractivity contribution is -0.130. The number of benzene rings is 2. The molecule has 0 saturated carbocycles. The number of aryl methyl sites for hydroxylation is 1. The van der Waals surface area contributed by atoms with Crippen LogP contribution in [0.1, 0.15) is 43.4 Å². The van der Waals surface area contributed by atoms with Gasteiger partial charge < -0.3 is 10.6 Å². The van der Waals surface area contributed by atoms with Gasteiger partial charge in [0.05, 0.1) is 0 Å². The van der Waals surface area contributed by atoms with E-state index >= 15 is 0 Å². The number of carbonyl (C=O) groups excluding carboxylic acids is 1. The van der Waals surface area contributed by atoms with Gasteiger partial charge in [0.1, 0.15) is 17.7 Å². The van der Waals surface area contributed by atoms with Crippen molar-refractivity contribution in [3.8, 4) is 0 Å². The van der Waals surface area contributed by atoms with E-state index in [9.17, 15) is 13.6 Å². The minimum absolute atomic E-state index is 0.0949. The maximum Gasteiger partial charge on any atom is 0.265 e. The molecular formula is C21H27F2N3O2. The van der Waals surface area contributed by atoms with Crippen LogP contribution in [0.25, 0.3) is 0 Å². The minimum atomic E-state index is -0.621. The van der Waals surface area contributed by atoms with Gasteiger partial charge in [-0.1, -0.05) is 12.1 Å². The molecule has 4 N–H and O–H groups in total. The summed E-state index contributed by atoms with van der Waals surface area (Å²) in [5.74, 6) is -1.10. The van der Waals surface area contributed by atoms with E-state index in [4.69, 9.17) is 5.21 Å². The van der Waals surface area contributed by atoms with E-state index in [0.717, 1.165) is 24.9 Å². The van der Waals surface area contributed by atoms with Crippen molar-refractivity contribution in [3.05, 3.63) is 65.2 Å². The molecule has 28 heavy (non-hydrogen) atoms. The Kier molecular flexibility index (Phi) is 8.35. The van der Waals surface area contributed by atoms with Crippen LogP contribution < -0.4 is 16.1 Å². The summed E-state index contributed by atoms with van der Waals surface area (Å²) in [6, 6.07) is 10.4. The standard InChI is InChI=1S/C21H27F2N3O2/c1-14-13-18(10-11-19(14)23)25-20(21(27)26-28)5-3-4-12-24-15(2)16-6-8-17(22)9-7-16/h6-11,13,15,20,24-25,28H,3-5,12H2,1-2H3,(H,26,27)/t15?,20-/m1/s1. The fourth-order valence-electron chi connectivity index (χ4n) is 2.94. The first-order chi connectivity index (χ1) is 13.4. The lowest BCUT2D eigenvalue weighted by Crippen LogP contribution is -2.38. The van der Waals surface area contributed by atoms with Crippen LogP contribution in [0.2, 0.25) is 0 Å². The SMILES string of the molecule is Cc1cc(N[C@H](CCCCNC(C)c2ccc(F)cc2)C(=O)NO)ccc1F. The Morgan fingerprint density at radius 3 is 2.46 bits per heavy atom. The van der Waals surface area contributed by atoms with Gasteiger partial charge in [-0.15, -0.1) is 0 Å². The van der Waals surface area contributed by atoms with E-state index in [-0.39, 0.29) is 17.7 Å². The minimum Gasteiger partial charge on any atom is -0.374 e. The van der Waals surface area contributed by atoms with Crippen molar-refractivity contribution in [1.29, 1.82) is 0 Å². The molecule has 0 fully saturated rings. The average molecular weight is 391 g/mol. The smallest absolute Gasteiger partial charge is 0.265 e. The maximum atomic E-state index is 13.4. The van der Waals surface area contributed by atoms with Gasteiger partial charge in [0.2, 0.25) is 0 Å². The summed E-state index contributed by atoms with van der Waals surface area (Å²) < 4.78 is 26.4. The van der Waals surface area contributed by atoms with E-state index in [1.54, 1.807) is 36.7 Å². The zero-order valence-electron chi connectivity index (χ0n) is 16.1. The first kappa shape index (κ1) is 21.8. The van der Waals surface area contributed by atoms with Gasteiger partial charge in [-0.25, -0.2) is 14.3 Å². The molecule has 0 aliphatic rings. The zero-order chi connectivity index (χ0) is 20.5. The largest absolute Gasteiger partial charge is 0.374 e. The van der Waals surface area contributed by atoms with Gasteiger partial charge in [0, 0.05) is 11.7 Å². The van der Waals surface area contributed by atoms with E-state index in [1.165, 1.54) is 18.2 Å². The highest BCUT2D eigenvalue weighted by Crippen LogP contribution is 2.17. The Balaban J connectivity index is 1.79. The molecule has 0 aliphatic heterocycles. The van der Waals surface area contributed by atoms with E-state index in [2.05, 4.69) is 10.6 Å². The third-order valence-electron chi connectivity index (χ3n) is 4.67. The Bertz CT molecular complexity index is 769. The second kappa shape index (κ2) is 10.7. The molecule has 1 amide bonds. The monoisotopic (exact) mass is 391 g/mol. The molecule has 2 rings (SSSR count). The van der Waals surface area contributed by atoms with Gasteiger partial charge in [-0.3, -0.25) is 10.0 Å². The van der Waals surface area contributed by atoms with Crippen LogP contribution in [0, 0.1) is 18.6 Å². The summed E-state index contributed by atoms with van der Waals surface area (Å²) in [7, 11) is 0. The second-order valence-corrected chi connectivity index (χ2v) is 6.86. The number of hydroxylamine groups is 1. The predicted octanol–water partition coefficient (Wildman–Crippen LogP) is 4.08. The quantitative estimate of drug-likeness (QED) is 0.280. The molecule has 152 valence electrons. The summed E-state index contributed by atoms with van der Waals surface area (Å²) in [5, 5.41) is 15.4. The van der Waals surface area contributed by atoms with Crippen LogP contribution in [0.4, 0.5) is 14.5 Å². The van der Waals surface area contributed by atoms with Crippen LogP contribution in [0.5, 0.6) is 0 Å². The molecule has 2 aromatic carbocycles. The number of anilines is 1. The predicted molar refractivity (Wildman–Crippen MR) is 105 cm³/mol. The van der Waals surface area contributed by atoms with Gasteiger partial charge in [0.15, 0.2) is 0 Å². The Morgan fingerprint density at radius 1 is 1.11 bits per heavy atom. The third-order valence-corrected chi connectivity index (χ3v) is 4.67.